The number of ether oxygens (including phenoxy) is 1. The molecule has 9 nitrogen and oxygen atoms in total. The van der Waals surface area contributed by atoms with Crippen LogP contribution >= 0.6 is 0 Å². The molecule has 2 rings (SSSR count). The van der Waals surface area contributed by atoms with Crippen molar-refractivity contribution < 1.29 is 4.74 Å². The fourth-order valence-electron chi connectivity index (χ4n) is 1.69. The van der Waals surface area contributed by atoms with Crippen LogP contribution in [0.4, 0.5) is 17.6 Å². The van der Waals surface area contributed by atoms with Gasteiger partial charge in [-0.05, 0) is 13.3 Å². The highest BCUT2D eigenvalue weighted by Gasteiger charge is 2.10. The lowest BCUT2D eigenvalue weighted by molar-refractivity contribution is 0.312. The van der Waals surface area contributed by atoms with E-state index in [2.05, 4.69) is 30.8 Å². The molecule has 0 aliphatic carbocycles. The Morgan fingerprint density at radius 3 is 2.65 bits per heavy atom. The molecule has 4 N–H and O–H groups in total. The van der Waals surface area contributed by atoms with Gasteiger partial charge in [-0.3, -0.25) is 10.1 Å². The molecule has 108 valence electrons. The van der Waals surface area contributed by atoms with E-state index in [0.717, 1.165) is 17.8 Å². The van der Waals surface area contributed by atoms with Crippen LogP contribution in [0, 0.1) is 0 Å². The van der Waals surface area contributed by atoms with Gasteiger partial charge in [-0.25, -0.2) is 5.84 Å². The molecule has 0 atom stereocenters. The van der Waals surface area contributed by atoms with Crippen LogP contribution in [-0.4, -0.2) is 31.3 Å². The van der Waals surface area contributed by atoms with E-state index in [1.165, 1.54) is 0 Å². The minimum absolute atomic E-state index is 0.208. The first-order valence-corrected chi connectivity index (χ1v) is 6.31. The van der Waals surface area contributed by atoms with Crippen molar-refractivity contribution in [1.29, 1.82) is 0 Å². The van der Waals surface area contributed by atoms with E-state index in [0.29, 0.717) is 12.6 Å². The number of hydrogen-bond acceptors (Lipinski definition) is 8. The smallest absolute Gasteiger partial charge is 0.323 e. The van der Waals surface area contributed by atoms with Gasteiger partial charge in [-0.2, -0.15) is 20.1 Å². The zero-order chi connectivity index (χ0) is 14.5. The molecule has 20 heavy (non-hydrogen) atoms. The highest BCUT2D eigenvalue weighted by Crippen LogP contribution is 2.19. The SMILES string of the molecule is CCOc1nc(NN)nc(Nc2cn(C)nc2CC)n1. The van der Waals surface area contributed by atoms with Crippen LogP contribution in [0.2, 0.25) is 0 Å². The third-order valence-electron chi connectivity index (χ3n) is 2.50. The second-order valence-electron chi connectivity index (χ2n) is 3.98. The summed E-state index contributed by atoms with van der Waals surface area (Å²) in [4.78, 5) is 12.3. The van der Waals surface area contributed by atoms with E-state index in [1.807, 2.05) is 27.1 Å². The molecule has 0 saturated heterocycles. The number of aromatic nitrogens is 5. The Hall–Kier alpha value is -2.42. The molecule has 0 aliphatic rings. The molecule has 9 heteroatoms. The second-order valence-corrected chi connectivity index (χ2v) is 3.98. The first-order valence-electron chi connectivity index (χ1n) is 6.31. The molecule has 0 amide bonds. The first-order chi connectivity index (χ1) is 9.66. The Balaban J connectivity index is 2.29. The van der Waals surface area contributed by atoms with Crippen LogP contribution in [-0.2, 0) is 13.5 Å². The number of rotatable bonds is 6. The van der Waals surface area contributed by atoms with E-state index < -0.39 is 0 Å². The van der Waals surface area contributed by atoms with Gasteiger partial charge in [0, 0.05) is 13.2 Å². The first kappa shape index (κ1) is 14.0. The Morgan fingerprint density at radius 1 is 1.25 bits per heavy atom. The molecule has 0 saturated carbocycles. The zero-order valence-electron chi connectivity index (χ0n) is 11.7. The van der Waals surface area contributed by atoms with Crippen LogP contribution in [0.15, 0.2) is 6.20 Å². The van der Waals surface area contributed by atoms with Crippen molar-refractivity contribution in [2.75, 3.05) is 17.3 Å². The summed E-state index contributed by atoms with van der Waals surface area (Å²) < 4.78 is 7.00. The van der Waals surface area contributed by atoms with Gasteiger partial charge in [-0.1, -0.05) is 6.92 Å². The highest BCUT2D eigenvalue weighted by atomic mass is 16.5. The van der Waals surface area contributed by atoms with Crippen LogP contribution in [0.3, 0.4) is 0 Å². The molecular formula is C11H18N8O. The van der Waals surface area contributed by atoms with Gasteiger partial charge in [0.05, 0.1) is 18.0 Å². The lowest BCUT2D eigenvalue weighted by Crippen LogP contribution is -2.13. The lowest BCUT2D eigenvalue weighted by atomic mass is 10.3. The van der Waals surface area contributed by atoms with Gasteiger partial charge in [0.2, 0.25) is 11.9 Å². The van der Waals surface area contributed by atoms with E-state index in [-0.39, 0.29) is 12.0 Å². The number of aryl methyl sites for hydroxylation is 2. The molecule has 0 spiro atoms. The molecular weight excluding hydrogens is 260 g/mol. The third kappa shape index (κ3) is 3.12. The average molecular weight is 278 g/mol. The average Bonchev–Trinajstić information content (AvgIpc) is 2.78. The molecule has 0 aromatic carbocycles. The van der Waals surface area contributed by atoms with Crippen LogP contribution in [0.1, 0.15) is 19.5 Å². The van der Waals surface area contributed by atoms with Crippen molar-refractivity contribution >= 4 is 17.6 Å². The molecule has 2 heterocycles. The summed E-state index contributed by atoms with van der Waals surface area (Å²) in [6.07, 6.45) is 2.66. The summed E-state index contributed by atoms with van der Waals surface area (Å²) in [5, 5.41) is 7.43. The maximum absolute atomic E-state index is 5.33. The standard InChI is InChI=1S/C11H18N8O/c1-4-7-8(6-19(3)18-7)13-9-14-10(17-12)16-11(15-9)20-5-2/h6H,4-5,12H2,1-3H3,(H2,13,14,15,16,17). The van der Waals surface area contributed by atoms with Gasteiger partial charge in [0.25, 0.3) is 0 Å². The topological polar surface area (TPSA) is 116 Å². The molecule has 0 fully saturated rings. The minimum Gasteiger partial charge on any atom is -0.464 e. The summed E-state index contributed by atoms with van der Waals surface area (Å²) in [6.45, 7) is 4.34. The Labute approximate surface area is 116 Å². The normalized spacial score (nSPS) is 10.4. The van der Waals surface area contributed by atoms with Crippen molar-refractivity contribution in [2.45, 2.75) is 20.3 Å². The Kier molecular flexibility index (Phi) is 4.31. The number of hydrazine groups is 1. The quantitative estimate of drug-likeness (QED) is 0.519. The van der Waals surface area contributed by atoms with Crippen molar-refractivity contribution in [2.24, 2.45) is 12.9 Å². The highest BCUT2D eigenvalue weighted by molar-refractivity contribution is 5.56. The summed E-state index contributed by atoms with van der Waals surface area (Å²) >= 11 is 0. The molecule has 0 radical (unpaired) electrons. The van der Waals surface area contributed by atoms with Gasteiger partial charge < -0.3 is 10.1 Å². The van der Waals surface area contributed by atoms with Crippen LogP contribution in [0.25, 0.3) is 0 Å². The van der Waals surface area contributed by atoms with Gasteiger partial charge in [0.15, 0.2) is 0 Å². The van der Waals surface area contributed by atoms with Crippen molar-refractivity contribution in [3.05, 3.63) is 11.9 Å². The lowest BCUT2D eigenvalue weighted by Gasteiger charge is -2.08. The van der Waals surface area contributed by atoms with Crippen molar-refractivity contribution in [1.82, 2.24) is 24.7 Å². The molecule has 2 aromatic rings. The van der Waals surface area contributed by atoms with Crippen molar-refractivity contribution in [3.8, 4) is 6.01 Å². The number of nitrogens with two attached hydrogens (primary N) is 1. The summed E-state index contributed by atoms with van der Waals surface area (Å²) in [7, 11) is 1.86. The predicted molar refractivity (Wildman–Crippen MR) is 74.7 cm³/mol. The molecule has 0 unspecified atom stereocenters. The van der Waals surface area contributed by atoms with Gasteiger partial charge >= 0.3 is 6.01 Å². The van der Waals surface area contributed by atoms with Gasteiger partial charge in [0.1, 0.15) is 0 Å². The number of nitrogens with one attached hydrogen (secondary N) is 2. The van der Waals surface area contributed by atoms with Gasteiger partial charge in [-0.15, -0.1) is 0 Å². The van der Waals surface area contributed by atoms with E-state index >= 15 is 0 Å². The molecule has 2 aromatic heterocycles. The maximum Gasteiger partial charge on any atom is 0.323 e. The fraction of sp³-hybridized carbons (Fsp3) is 0.455. The number of nitrogen functional groups attached to an aromatic ring is 1. The van der Waals surface area contributed by atoms with Crippen LogP contribution < -0.4 is 21.3 Å². The Morgan fingerprint density at radius 2 is 2.00 bits per heavy atom. The second kappa shape index (κ2) is 6.15. The number of hydrogen-bond donors (Lipinski definition) is 3. The zero-order valence-corrected chi connectivity index (χ0v) is 11.7. The molecule has 0 bridgehead atoms. The van der Waals surface area contributed by atoms with Crippen molar-refractivity contribution in [3.63, 3.8) is 0 Å². The largest absolute Gasteiger partial charge is 0.464 e. The monoisotopic (exact) mass is 278 g/mol. The van der Waals surface area contributed by atoms with E-state index in [9.17, 15) is 0 Å². The predicted octanol–water partition coefficient (Wildman–Crippen LogP) is 0.595. The maximum atomic E-state index is 5.33. The summed E-state index contributed by atoms with van der Waals surface area (Å²) in [5.41, 5.74) is 4.15. The third-order valence-corrected chi connectivity index (χ3v) is 2.50. The fourth-order valence-corrected chi connectivity index (χ4v) is 1.69. The Bertz CT molecular complexity index is 582. The van der Waals surface area contributed by atoms with Crippen LogP contribution in [0.5, 0.6) is 6.01 Å². The van der Waals surface area contributed by atoms with E-state index in [1.54, 1.807) is 4.68 Å². The van der Waals surface area contributed by atoms with E-state index in [4.69, 9.17) is 10.6 Å². The summed E-state index contributed by atoms with van der Waals surface area (Å²) in [5.74, 6) is 5.91. The molecule has 0 aliphatic heterocycles. The number of nitrogens with zero attached hydrogens (tertiary/aromatic N) is 5. The minimum atomic E-state index is 0.208. The number of anilines is 3. The summed E-state index contributed by atoms with van der Waals surface area (Å²) in [6, 6.07) is 0.208.